The van der Waals surface area contributed by atoms with Gasteiger partial charge in [-0.2, -0.15) is 0 Å². The number of hydrogen-bond donors (Lipinski definition) is 0. The fraction of sp³-hybridized carbons (Fsp3) is 0.125. The van der Waals surface area contributed by atoms with Crippen LogP contribution in [0.4, 0.5) is 0 Å². The first-order valence-corrected chi connectivity index (χ1v) is 2.78. The van der Waals surface area contributed by atoms with E-state index in [1.54, 1.807) is 7.11 Å². The van der Waals surface area contributed by atoms with Crippen molar-refractivity contribution in [3.8, 4) is 12.3 Å². The topological polar surface area (TPSA) is 33.0 Å². The summed E-state index contributed by atoms with van der Waals surface area (Å²) < 4.78 is 4.91. The number of hydrogen-bond acceptors (Lipinski definition) is 2. The first-order valence-electron chi connectivity index (χ1n) is 2.78. The number of nitriles is 1. The first-order chi connectivity index (χ1) is 4.93. The Labute approximate surface area is 60.7 Å². The molecule has 1 aromatic carbocycles. The van der Waals surface area contributed by atoms with Crippen LogP contribution in [-0.4, -0.2) is 7.11 Å². The molecule has 1 aromatic rings. The molecule has 2 heteroatoms. The number of nitrogens with zero attached hydrogens (tertiary/aromatic N) is 1. The average Bonchev–Trinajstić information content (AvgIpc) is 2.10. The van der Waals surface area contributed by atoms with Crippen molar-refractivity contribution in [3.63, 3.8) is 0 Å². The van der Waals surface area contributed by atoms with Crippen molar-refractivity contribution in [1.82, 2.24) is 0 Å². The summed E-state index contributed by atoms with van der Waals surface area (Å²) in [7, 11) is 1.66. The maximum atomic E-state index is 6.50. The van der Waals surface area contributed by atoms with Gasteiger partial charge in [-0.25, -0.2) is 5.26 Å². The maximum absolute atomic E-state index is 6.50. The maximum Gasteiger partial charge on any atom is 0.118 e. The highest BCUT2D eigenvalue weighted by Crippen LogP contribution is 2.05. The predicted molar refractivity (Wildman–Crippen MR) is 39.7 cm³/mol. The van der Waals surface area contributed by atoms with Crippen LogP contribution in [0.5, 0.6) is 5.75 Å². The summed E-state index contributed by atoms with van der Waals surface area (Å²) >= 11 is 0. The van der Waals surface area contributed by atoms with Gasteiger partial charge in [0.1, 0.15) is 5.75 Å². The van der Waals surface area contributed by atoms with Crippen LogP contribution in [0, 0.1) is 11.8 Å². The molecule has 1 rings (SSSR count). The van der Waals surface area contributed by atoms with E-state index in [9.17, 15) is 0 Å². The van der Waals surface area contributed by atoms with Crippen molar-refractivity contribution < 1.29 is 4.74 Å². The second-order valence-electron chi connectivity index (χ2n) is 1.52. The molecule has 0 saturated carbocycles. The Hall–Kier alpha value is -1.49. The molecule has 0 atom stereocenters. The lowest BCUT2D eigenvalue weighted by molar-refractivity contribution is 0.415. The first kappa shape index (κ1) is 8.51. The zero-order valence-corrected chi connectivity index (χ0v) is 5.82. The zero-order valence-electron chi connectivity index (χ0n) is 5.82. The van der Waals surface area contributed by atoms with Gasteiger partial charge in [-0.3, -0.25) is 0 Å². The van der Waals surface area contributed by atoms with Gasteiger partial charge in [0.2, 0.25) is 0 Å². The van der Waals surface area contributed by atoms with Gasteiger partial charge >= 0.3 is 0 Å². The molecule has 0 heterocycles. The summed E-state index contributed by atoms with van der Waals surface area (Å²) in [5.74, 6) is 0.910. The van der Waals surface area contributed by atoms with Crippen molar-refractivity contribution in [1.29, 1.82) is 5.26 Å². The van der Waals surface area contributed by atoms with Gasteiger partial charge in [0, 0.05) is 6.57 Å². The molecule has 52 valence electrons. The van der Waals surface area contributed by atoms with E-state index in [0.717, 1.165) is 5.75 Å². The van der Waals surface area contributed by atoms with Crippen LogP contribution in [0.15, 0.2) is 30.3 Å². The zero-order chi connectivity index (χ0) is 7.82. The predicted octanol–water partition coefficient (Wildman–Crippen LogP) is 1.83. The lowest BCUT2D eigenvalue weighted by atomic mass is 10.3. The molecule has 0 fully saturated rings. The molecule has 0 aliphatic heterocycles. The van der Waals surface area contributed by atoms with Crippen LogP contribution in [0.1, 0.15) is 0 Å². The Balaban J connectivity index is 0.000000371. The summed E-state index contributed by atoms with van der Waals surface area (Å²) in [6.45, 7) is 3.50. The van der Waals surface area contributed by atoms with Crippen molar-refractivity contribution in [2.45, 2.75) is 0 Å². The lowest BCUT2D eigenvalue weighted by Crippen LogP contribution is -1.78. The standard InChI is InChI=1S/C7H8O.CHN/c1-8-7-5-3-2-4-6-7;1-2/h2-6H,1H3;1H. The van der Waals surface area contributed by atoms with E-state index in [1.807, 2.05) is 30.3 Å². The number of ether oxygens (including phenoxy) is 1. The van der Waals surface area contributed by atoms with Crippen molar-refractivity contribution in [2.24, 2.45) is 0 Å². The third kappa shape index (κ3) is 2.73. The van der Waals surface area contributed by atoms with Gasteiger partial charge in [-0.15, -0.1) is 0 Å². The highest BCUT2D eigenvalue weighted by atomic mass is 16.5. The number of para-hydroxylation sites is 1. The molecular formula is C8H9NO. The fourth-order valence-corrected chi connectivity index (χ4v) is 0.557. The molecule has 0 unspecified atom stereocenters. The second kappa shape index (κ2) is 5.64. The molecule has 0 bridgehead atoms. The van der Waals surface area contributed by atoms with Crippen LogP contribution >= 0.6 is 0 Å². The van der Waals surface area contributed by atoms with E-state index in [4.69, 9.17) is 10.00 Å². The SMILES string of the molecule is C#N.COc1ccccc1. The van der Waals surface area contributed by atoms with Gasteiger partial charge in [0.05, 0.1) is 7.11 Å². The molecule has 0 spiro atoms. The van der Waals surface area contributed by atoms with Crippen molar-refractivity contribution in [2.75, 3.05) is 7.11 Å². The summed E-state index contributed by atoms with van der Waals surface area (Å²) in [6.07, 6.45) is 0. The molecule has 0 aliphatic carbocycles. The lowest BCUT2D eigenvalue weighted by Gasteiger charge is -1.93. The molecule has 0 amide bonds. The van der Waals surface area contributed by atoms with E-state index in [0.29, 0.717) is 0 Å². The Morgan fingerprint density at radius 1 is 1.20 bits per heavy atom. The van der Waals surface area contributed by atoms with E-state index in [-0.39, 0.29) is 0 Å². The highest BCUT2D eigenvalue weighted by Gasteiger charge is 1.80. The second-order valence-corrected chi connectivity index (χ2v) is 1.52. The molecule has 0 N–H and O–H groups in total. The molecule has 0 aliphatic rings. The van der Waals surface area contributed by atoms with Crippen LogP contribution in [0.2, 0.25) is 0 Å². The van der Waals surface area contributed by atoms with Crippen molar-refractivity contribution in [3.05, 3.63) is 30.3 Å². The largest absolute Gasteiger partial charge is 0.497 e. The monoisotopic (exact) mass is 135 g/mol. The normalized spacial score (nSPS) is 7.10. The summed E-state index contributed by atoms with van der Waals surface area (Å²) in [6, 6.07) is 9.68. The van der Waals surface area contributed by atoms with Crippen LogP contribution < -0.4 is 4.74 Å². The Bertz CT molecular complexity index is 181. The molecular weight excluding hydrogens is 126 g/mol. The molecule has 2 nitrogen and oxygen atoms in total. The van der Waals surface area contributed by atoms with Gasteiger partial charge in [-0.1, -0.05) is 18.2 Å². The fourth-order valence-electron chi connectivity index (χ4n) is 0.557. The number of rotatable bonds is 1. The quantitative estimate of drug-likeness (QED) is 0.588. The minimum absolute atomic E-state index is 0.910. The molecule has 0 radical (unpaired) electrons. The molecule has 10 heavy (non-hydrogen) atoms. The van der Waals surface area contributed by atoms with E-state index >= 15 is 0 Å². The van der Waals surface area contributed by atoms with E-state index in [1.165, 1.54) is 0 Å². The minimum Gasteiger partial charge on any atom is -0.497 e. The van der Waals surface area contributed by atoms with Crippen LogP contribution in [0.3, 0.4) is 0 Å². The number of benzene rings is 1. The minimum atomic E-state index is 0.910. The van der Waals surface area contributed by atoms with Crippen LogP contribution in [0.25, 0.3) is 0 Å². The highest BCUT2D eigenvalue weighted by molar-refractivity contribution is 5.20. The van der Waals surface area contributed by atoms with Gasteiger partial charge < -0.3 is 4.74 Å². The van der Waals surface area contributed by atoms with E-state index < -0.39 is 0 Å². The van der Waals surface area contributed by atoms with Gasteiger partial charge in [0.25, 0.3) is 0 Å². The average molecular weight is 135 g/mol. The smallest absolute Gasteiger partial charge is 0.118 e. The summed E-state index contributed by atoms with van der Waals surface area (Å²) in [5, 5.41) is 6.50. The van der Waals surface area contributed by atoms with Gasteiger partial charge in [0.15, 0.2) is 0 Å². The van der Waals surface area contributed by atoms with Crippen molar-refractivity contribution >= 4 is 0 Å². The van der Waals surface area contributed by atoms with E-state index in [2.05, 4.69) is 6.57 Å². The third-order valence-corrected chi connectivity index (χ3v) is 0.979. The molecule has 0 saturated heterocycles. The molecule has 0 aromatic heterocycles. The number of methoxy groups -OCH3 is 1. The van der Waals surface area contributed by atoms with Crippen LogP contribution in [-0.2, 0) is 0 Å². The summed E-state index contributed by atoms with van der Waals surface area (Å²) in [4.78, 5) is 0. The Kier molecular flexibility index (Phi) is 4.80. The Morgan fingerprint density at radius 2 is 1.70 bits per heavy atom. The summed E-state index contributed by atoms with van der Waals surface area (Å²) in [5.41, 5.74) is 0. The third-order valence-electron chi connectivity index (χ3n) is 0.979. The Morgan fingerprint density at radius 3 is 2.00 bits per heavy atom. The van der Waals surface area contributed by atoms with Gasteiger partial charge in [-0.05, 0) is 12.1 Å².